The SMILES string of the molecule is COc1cccc(NC(=O)[C@H]2Cc3ccccc3N3CCN(c4ccccc4)C[C@@H]23)c1. The Kier molecular flexibility index (Phi) is 5.24. The molecule has 3 aromatic carbocycles. The lowest BCUT2D eigenvalue weighted by molar-refractivity contribution is -0.120. The average molecular weight is 414 g/mol. The highest BCUT2D eigenvalue weighted by Crippen LogP contribution is 2.37. The summed E-state index contributed by atoms with van der Waals surface area (Å²) in [6, 6.07) is 26.7. The molecule has 158 valence electrons. The van der Waals surface area contributed by atoms with Gasteiger partial charge >= 0.3 is 0 Å². The number of carbonyl (C=O) groups is 1. The Morgan fingerprint density at radius 1 is 0.968 bits per heavy atom. The van der Waals surface area contributed by atoms with Gasteiger partial charge in [-0.25, -0.2) is 0 Å². The topological polar surface area (TPSA) is 44.8 Å². The fraction of sp³-hybridized carbons (Fsp3) is 0.269. The van der Waals surface area contributed by atoms with E-state index < -0.39 is 0 Å². The standard InChI is InChI=1S/C26H27N3O2/c1-31-22-12-7-9-20(17-22)27-26(30)23-16-19-8-5-6-13-24(19)29-15-14-28(18-25(23)29)21-10-3-2-4-11-21/h2-13,17,23,25H,14-16,18H2,1H3,(H,27,30)/t23-,25-/m0/s1. The molecular formula is C26H27N3O2. The maximum atomic E-state index is 13.5. The summed E-state index contributed by atoms with van der Waals surface area (Å²) >= 11 is 0. The van der Waals surface area contributed by atoms with E-state index in [9.17, 15) is 4.79 Å². The van der Waals surface area contributed by atoms with Crippen molar-refractivity contribution in [2.75, 3.05) is 41.9 Å². The Morgan fingerprint density at radius 2 is 1.77 bits per heavy atom. The largest absolute Gasteiger partial charge is 0.497 e. The molecule has 0 aliphatic carbocycles. The lowest BCUT2D eigenvalue weighted by Crippen LogP contribution is -2.60. The molecule has 5 nitrogen and oxygen atoms in total. The van der Waals surface area contributed by atoms with Gasteiger partial charge in [0.1, 0.15) is 5.75 Å². The molecule has 1 saturated heterocycles. The van der Waals surface area contributed by atoms with Crippen molar-refractivity contribution in [1.82, 2.24) is 0 Å². The van der Waals surface area contributed by atoms with E-state index in [1.807, 2.05) is 30.3 Å². The van der Waals surface area contributed by atoms with Crippen LogP contribution in [0, 0.1) is 5.92 Å². The number of piperazine rings is 1. The van der Waals surface area contributed by atoms with E-state index in [1.54, 1.807) is 7.11 Å². The molecule has 1 fully saturated rings. The first kappa shape index (κ1) is 19.5. The van der Waals surface area contributed by atoms with Gasteiger partial charge in [0.2, 0.25) is 5.91 Å². The zero-order chi connectivity index (χ0) is 21.2. The van der Waals surface area contributed by atoms with Crippen molar-refractivity contribution in [3.05, 3.63) is 84.4 Å². The van der Waals surface area contributed by atoms with E-state index in [0.29, 0.717) is 0 Å². The molecule has 0 spiro atoms. The lowest BCUT2D eigenvalue weighted by Gasteiger charge is -2.49. The highest BCUT2D eigenvalue weighted by atomic mass is 16.5. The molecule has 31 heavy (non-hydrogen) atoms. The molecule has 0 bridgehead atoms. The number of amides is 1. The number of carbonyl (C=O) groups excluding carboxylic acids is 1. The predicted molar refractivity (Wildman–Crippen MR) is 125 cm³/mol. The number of para-hydroxylation sites is 2. The molecule has 5 rings (SSSR count). The Labute approximate surface area is 183 Å². The number of hydrogen-bond donors (Lipinski definition) is 1. The number of ether oxygens (including phenoxy) is 1. The number of methoxy groups -OCH3 is 1. The van der Waals surface area contributed by atoms with Gasteiger partial charge in [-0.3, -0.25) is 4.79 Å². The van der Waals surface area contributed by atoms with Crippen LogP contribution in [0.3, 0.4) is 0 Å². The van der Waals surface area contributed by atoms with Crippen LogP contribution >= 0.6 is 0 Å². The Hall–Kier alpha value is -3.47. The van der Waals surface area contributed by atoms with Crippen LogP contribution in [0.5, 0.6) is 5.75 Å². The first-order chi connectivity index (χ1) is 15.2. The van der Waals surface area contributed by atoms with Gasteiger partial charge in [0.15, 0.2) is 0 Å². The van der Waals surface area contributed by atoms with E-state index in [1.165, 1.54) is 16.9 Å². The van der Waals surface area contributed by atoms with Gasteiger partial charge < -0.3 is 19.9 Å². The Bertz CT molecular complexity index is 1070. The monoisotopic (exact) mass is 413 g/mol. The molecule has 2 aliphatic rings. The van der Waals surface area contributed by atoms with E-state index in [0.717, 1.165) is 37.5 Å². The molecule has 5 heteroatoms. The summed E-state index contributed by atoms with van der Waals surface area (Å²) in [7, 11) is 1.64. The molecule has 0 aromatic heterocycles. The minimum atomic E-state index is -0.132. The second kappa shape index (κ2) is 8.34. The zero-order valence-corrected chi connectivity index (χ0v) is 17.7. The molecule has 1 N–H and O–H groups in total. The molecule has 2 atom stereocenters. The van der Waals surface area contributed by atoms with Gasteiger partial charge in [-0.1, -0.05) is 42.5 Å². The number of nitrogens with zero attached hydrogens (tertiary/aromatic N) is 2. The average Bonchev–Trinajstić information content (AvgIpc) is 2.83. The van der Waals surface area contributed by atoms with E-state index in [-0.39, 0.29) is 17.9 Å². The first-order valence-corrected chi connectivity index (χ1v) is 10.8. The van der Waals surface area contributed by atoms with Crippen molar-refractivity contribution in [2.24, 2.45) is 5.92 Å². The van der Waals surface area contributed by atoms with Gasteiger partial charge in [0.05, 0.1) is 19.1 Å². The van der Waals surface area contributed by atoms with Crippen LogP contribution < -0.4 is 19.9 Å². The minimum Gasteiger partial charge on any atom is -0.497 e. The van der Waals surface area contributed by atoms with Crippen molar-refractivity contribution in [1.29, 1.82) is 0 Å². The summed E-state index contributed by atoms with van der Waals surface area (Å²) in [5.41, 5.74) is 4.50. The summed E-state index contributed by atoms with van der Waals surface area (Å²) in [6.07, 6.45) is 0.746. The summed E-state index contributed by atoms with van der Waals surface area (Å²) in [6.45, 7) is 2.67. The number of benzene rings is 3. The summed E-state index contributed by atoms with van der Waals surface area (Å²) in [4.78, 5) is 18.3. The van der Waals surface area contributed by atoms with Gasteiger partial charge in [0.25, 0.3) is 0 Å². The number of rotatable bonds is 4. The van der Waals surface area contributed by atoms with Gasteiger partial charge in [-0.15, -0.1) is 0 Å². The molecule has 2 heterocycles. The third kappa shape index (κ3) is 3.83. The van der Waals surface area contributed by atoms with E-state index >= 15 is 0 Å². The Balaban J connectivity index is 1.44. The van der Waals surface area contributed by atoms with Crippen molar-refractivity contribution in [3.63, 3.8) is 0 Å². The third-order valence-electron chi connectivity index (χ3n) is 6.42. The van der Waals surface area contributed by atoms with Gasteiger partial charge in [0, 0.05) is 42.8 Å². The van der Waals surface area contributed by atoms with Crippen LogP contribution in [-0.4, -0.2) is 38.7 Å². The molecule has 0 radical (unpaired) electrons. The summed E-state index contributed by atoms with van der Waals surface area (Å²) in [5, 5.41) is 3.14. The number of nitrogens with one attached hydrogen (secondary N) is 1. The zero-order valence-electron chi connectivity index (χ0n) is 17.7. The smallest absolute Gasteiger partial charge is 0.229 e. The lowest BCUT2D eigenvalue weighted by atomic mass is 9.83. The Morgan fingerprint density at radius 3 is 2.61 bits per heavy atom. The van der Waals surface area contributed by atoms with Crippen LogP contribution in [0.1, 0.15) is 5.56 Å². The van der Waals surface area contributed by atoms with Crippen LogP contribution in [0.2, 0.25) is 0 Å². The maximum absolute atomic E-state index is 13.5. The second-order valence-corrected chi connectivity index (χ2v) is 8.20. The highest BCUT2D eigenvalue weighted by molar-refractivity contribution is 5.94. The maximum Gasteiger partial charge on any atom is 0.229 e. The predicted octanol–water partition coefficient (Wildman–Crippen LogP) is 4.20. The number of fused-ring (bicyclic) bond motifs is 3. The van der Waals surface area contributed by atoms with Gasteiger partial charge in [-0.2, -0.15) is 0 Å². The molecule has 0 unspecified atom stereocenters. The summed E-state index contributed by atoms with van der Waals surface area (Å²) < 4.78 is 5.31. The minimum absolute atomic E-state index is 0.0627. The molecule has 0 saturated carbocycles. The van der Waals surface area contributed by atoms with Crippen LogP contribution in [-0.2, 0) is 11.2 Å². The van der Waals surface area contributed by atoms with Crippen molar-refractivity contribution in [3.8, 4) is 5.75 Å². The van der Waals surface area contributed by atoms with Crippen molar-refractivity contribution < 1.29 is 9.53 Å². The van der Waals surface area contributed by atoms with Crippen molar-refractivity contribution >= 4 is 23.0 Å². The van der Waals surface area contributed by atoms with Crippen LogP contribution in [0.4, 0.5) is 17.1 Å². The number of hydrogen-bond acceptors (Lipinski definition) is 4. The first-order valence-electron chi connectivity index (χ1n) is 10.8. The van der Waals surface area contributed by atoms with E-state index in [4.69, 9.17) is 4.74 Å². The molecule has 1 amide bonds. The highest BCUT2D eigenvalue weighted by Gasteiger charge is 2.41. The fourth-order valence-corrected chi connectivity index (χ4v) is 4.87. The molecule has 2 aliphatic heterocycles. The quantitative estimate of drug-likeness (QED) is 0.696. The summed E-state index contributed by atoms with van der Waals surface area (Å²) in [5.74, 6) is 0.668. The van der Waals surface area contributed by atoms with E-state index in [2.05, 4.69) is 63.6 Å². The third-order valence-corrected chi connectivity index (χ3v) is 6.42. The fourth-order valence-electron chi connectivity index (χ4n) is 4.87. The van der Waals surface area contributed by atoms with Crippen molar-refractivity contribution in [2.45, 2.75) is 12.5 Å². The van der Waals surface area contributed by atoms with Crippen LogP contribution in [0.25, 0.3) is 0 Å². The second-order valence-electron chi connectivity index (χ2n) is 8.20. The van der Waals surface area contributed by atoms with Gasteiger partial charge in [-0.05, 0) is 42.3 Å². The molecule has 3 aromatic rings. The molecular weight excluding hydrogens is 386 g/mol. The number of anilines is 3. The normalized spacial score (nSPS) is 19.9. The van der Waals surface area contributed by atoms with Crippen LogP contribution in [0.15, 0.2) is 78.9 Å².